The fourth-order valence-corrected chi connectivity index (χ4v) is 3.41. The fraction of sp³-hybridized carbons (Fsp3) is 0.300. The summed E-state index contributed by atoms with van der Waals surface area (Å²) < 4.78 is 5.85. The molecule has 0 aliphatic carbocycles. The number of para-hydroxylation sites is 1. The Morgan fingerprint density at radius 3 is 2.32 bits per heavy atom. The molecule has 0 spiro atoms. The molecule has 0 saturated carbocycles. The summed E-state index contributed by atoms with van der Waals surface area (Å²) in [5.41, 5.74) is 1.95. The molecule has 1 aliphatic heterocycles. The maximum absolute atomic E-state index is 10.8. The summed E-state index contributed by atoms with van der Waals surface area (Å²) in [4.78, 5) is 15.0. The van der Waals surface area contributed by atoms with Crippen LogP contribution in [0.1, 0.15) is 18.9 Å². The lowest BCUT2D eigenvalue weighted by molar-refractivity contribution is -0.384. The van der Waals surface area contributed by atoms with Crippen molar-refractivity contribution in [3.63, 3.8) is 0 Å². The second kappa shape index (κ2) is 7.77. The average molecular weight is 379 g/mol. The molecule has 0 amide bonds. The lowest BCUT2D eigenvalue weighted by atomic mass is 10.2. The Balaban J connectivity index is 1.41. The van der Waals surface area contributed by atoms with E-state index in [1.807, 2.05) is 6.07 Å². The number of nitro groups is 1. The Hall–Kier alpha value is -3.26. The number of anilines is 1. The van der Waals surface area contributed by atoms with E-state index in [9.17, 15) is 10.1 Å². The van der Waals surface area contributed by atoms with Crippen LogP contribution in [0.4, 0.5) is 11.4 Å². The molecule has 1 aliphatic rings. The molecule has 28 heavy (non-hydrogen) atoms. The second-order valence-electron chi connectivity index (χ2n) is 6.78. The van der Waals surface area contributed by atoms with Gasteiger partial charge < -0.3 is 9.32 Å². The maximum atomic E-state index is 10.8. The molecule has 1 aromatic heterocycles. The number of aromatic nitrogens is 2. The van der Waals surface area contributed by atoms with Gasteiger partial charge in [0.1, 0.15) is 0 Å². The standard InChI is InChI=1S/C20H21N5O3/c1-15(23-11-13-24(14-12-23)17-5-3-2-4-6-17)19-21-22-20(28-19)16-7-9-18(10-8-16)25(26)27/h2-10,15H,11-14H2,1H3/t15-/m1/s1. The topological polar surface area (TPSA) is 88.5 Å². The first-order valence-electron chi connectivity index (χ1n) is 9.24. The number of nitro benzene ring substituents is 1. The number of benzene rings is 2. The van der Waals surface area contributed by atoms with E-state index in [4.69, 9.17) is 4.42 Å². The first-order valence-corrected chi connectivity index (χ1v) is 9.24. The SMILES string of the molecule is C[C@H](c1nnc(-c2ccc([N+](=O)[O-])cc2)o1)N1CCN(c2ccccc2)CC1. The fourth-order valence-electron chi connectivity index (χ4n) is 3.41. The molecule has 8 nitrogen and oxygen atoms in total. The van der Waals surface area contributed by atoms with E-state index in [0.717, 1.165) is 26.2 Å². The van der Waals surface area contributed by atoms with Gasteiger partial charge in [-0.25, -0.2) is 0 Å². The van der Waals surface area contributed by atoms with Crippen molar-refractivity contribution in [2.45, 2.75) is 13.0 Å². The summed E-state index contributed by atoms with van der Waals surface area (Å²) in [5.74, 6) is 0.932. The normalized spacial score (nSPS) is 16.1. The minimum atomic E-state index is -0.430. The smallest absolute Gasteiger partial charge is 0.269 e. The van der Waals surface area contributed by atoms with Crippen molar-refractivity contribution in [1.29, 1.82) is 0 Å². The Kier molecular flexibility index (Phi) is 5.03. The highest BCUT2D eigenvalue weighted by Gasteiger charge is 2.26. The summed E-state index contributed by atoms with van der Waals surface area (Å²) in [6, 6.07) is 16.5. The molecule has 2 heterocycles. The maximum Gasteiger partial charge on any atom is 0.269 e. The van der Waals surface area contributed by atoms with Gasteiger partial charge in [0.15, 0.2) is 0 Å². The molecule has 0 bridgehead atoms. The van der Waals surface area contributed by atoms with Gasteiger partial charge in [-0.2, -0.15) is 0 Å². The van der Waals surface area contributed by atoms with Crippen molar-refractivity contribution < 1.29 is 9.34 Å². The van der Waals surface area contributed by atoms with Gasteiger partial charge >= 0.3 is 0 Å². The molecular formula is C20H21N5O3. The molecule has 1 atom stereocenters. The summed E-state index contributed by atoms with van der Waals surface area (Å²) in [6.45, 7) is 5.76. The number of piperazine rings is 1. The number of hydrogen-bond acceptors (Lipinski definition) is 7. The number of nitrogens with zero attached hydrogens (tertiary/aromatic N) is 5. The molecule has 144 valence electrons. The quantitative estimate of drug-likeness (QED) is 0.495. The van der Waals surface area contributed by atoms with Crippen LogP contribution in [-0.2, 0) is 0 Å². The minimum Gasteiger partial charge on any atom is -0.419 e. The number of rotatable bonds is 5. The van der Waals surface area contributed by atoms with Crippen LogP contribution in [0.15, 0.2) is 59.0 Å². The van der Waals surface area contributed by atoms with E-state index >= 15 is 0 Å². The van der Waals surface area contributed by atoms with Gasteiger partial charge in [0, 0.05) is 49.6 Å². The number of hydrogen-bond donors (Lipinski definition) is 0. The van der Waals surface area contributed by atoms with Crippen molar-refractivity contribution in [3.8, 4) is 11.5 Å². The van der Waals surface area contributed by atoms with Gasteiger partial charge in [0.25, 0.3) is 5.69 Å². The Bertz CT molecular complexity index is 934. The lowest BCUT2D eigenvalue weighted by Gasteiger charge is -2.38. The van der Waals surface area contributed by atoms with E-state index in [0.29, 0.717) is 17.3 Å². The van der Waals surface area contributed by atoms with Crippen molar-refractivity contribution in [3.05, 3.63) is 70.6 Å². The molecule has 0 N–H and O–H groups in total. The van der Waals surface area contributed by atoms with Crippen molar-refractivity contribution in [2.75, 3.05) is 31.1 Å². The van der Waals surface area contributed by atoms with Crippen LogP contribution in [0.5, 0.6) is 0 Å². The third-order valence-corrected chi connectivity index (χ3v) is 5.11. The predicted octanol–water partition coefficient (Wildman–Crippen LogP) is 3.53. The van der Waals surface area contributed by atoms with Gasteiger partial charge in [-0.3, -0.25) is 15.0 Å². The molecule has 1 fully saturated rings. The van der Waals surface area contributed by atoms with Gasteiger partial charge in [-0.1, -0.05) is 18.2 Å². The molecule has 4 rings (SSSR count). The summed E-state index contributed by atoms with van der Waals surface area (Å²) in [7, 11) is 0. The summed E-state index contributed by atoms with van der Waals surface area (Å²) in [6.07, 6.45) is 0. The largest absolute Gasteiger partial charge is 0.419 e. The highest BCUT2D eigenvalue weighted by Crippen LogP contribution is 2.26. The molecule has 0 radical (unpaired) electrons. The first-order chi connectivity index (χ1) is 13.6. The molecule has 0 unspecified atom stereocenters. The van der Waals surface area contributed by atoms with Crippen LogP contribution >= 0.6 is 0 Å². The van der Waals surface area contributed by atoms with E-state index in [1.165, 1.54) is 17.8 Å². The van der Waals surface area contributed by atoms with E-state index in [1.54, 1.807) is 12.1 Å². The van der Waals surface area contributed by atoms with Crippen LogP contribution in [-0.4, -0.2) is 46.2 Å². The zero-order chi connectivity index (χ0) is 19.5. The monoisotopic (exact) mass is 379 g/mol. The third kappa shape index (κ3) is 3.72. The molecular weight excluding hydrogens is 358 g/mol. The van der Waals surface area contributed by atoms with E-state index in [-0.39, 0.29) is 11.7 Å². The van der Waals surface area contributed by atoms with Gasteiger partial charge in [0.2, 0.25) is 11.8 Å². The van der Waals surface area contributed by atoms with Crippen LogP contribution < -0.4 is 4.90 Å². The van der Waals surface area contributed by atoms with Crippen LogP contribution in [0, 0.1) is 10.1 Å². The first kappa shape index (κ1) is 18.1. The molecule has 2 aromatic carbocycles. The highest BCUT2D eigenvalue weighted by atomic mass is 16.6. The Morgan fingerprint density at radius 2 is 1.68 bits per heavy atom. The summed E-state index contributed by atoms with van der Waals surface area (Å²) >= 11 is 0. The van der Waals surface area contributed by atoms with Gasteiger partial charge in [-0.05, 0) is 31.2 Å². The van der Waals surface area contributed by atoms with E-state index in [2.05, 4.69) is 51.2 Å². The van der Waals surface area contributed by atoms with Crippen LogP contribution in [0.3, 0.4) is 0 Å². The Morgan fingerprint density at radius 1 is 1.00 bits per heavy atom. The molecule has 1 saturated heterocycles. The minimum absolute atomic E-state index is 0.0113. The lowest BCUT2D eigenvalue weighted by Crippen LogP contribution is -2.47. The third-order valence-electron chi connectivity index (χ3n) is 5.11. The van der Waals surface area contributed by atoms with Gasteiger partial charge in [-0.15, -0.1) is 10.2 Å². The average Bonchev–Trinajstić information content (AvgIpc) is 3.24. The van der Waals surface area contributed by atoms with Crippen LogP contribution in [0.25, 0.3) is 11.5 Å². The van der Waals surface area contributed by atoms with Crippen molar-refractivity contribution >= 4 is 11.4 Å². The van der Waals surface area contributed by atoms with Crippen molar-refractivity contribution in [1.82, 2.24) is 15.1 Å². The zero-order valence-corrected chi connectivity index (χ0v) is 15.6. The second-order valence-corrected chi connectivity index (χ2v) is 6.78. The molecule has 8 heteroatoms. The molecule has 3 aromatic rings. The van der Waals surface area contributed by atoms with Crippen molar-refractivity contribution in [2.24, 2.45) is 0 Å². The zero-order valence-electron chi connectivity index (χ0n) is 15.6. The van der Waals surface area contributed by atoms with Crippen LogP contribution in [0.2, 0.25) is 0 Å². The van der Waals surface area contributed by atoms with Gasteiger partial charge in [0.05, 0.1) is 11.0 Å². The van der Waals surface area contributed by atoms with E-state index < -0.39 is 4.92 Å². The highest BCUT2D eigenvalue weighted by molar-refractivity contribution is 5.55. The Labute approximate surface area is 162 Å². The predicted molar refractivity (Wildman–Crippen MR) is 105 cm³/mol. The number of non-ortho nitro benzene ring substituents is 1. The summed E-state index contributed by atoms with van der Waals surface area (Å²) in [5, 5.41) is 19.1.